The lowest BCUT2D eigenvalue weighted by Gasteiger charge is -2.20. The summed E-state index contributed by atoms with van der Waals surface area (Å²) >= 11 is 0. The number of ether oxygens (including phenoxy) is 1. The van der Waals surface area contributed by atoms with Gasteiger partial charge >= 0.3 is 0 Å². The highest BCUT2D eigenvalue weighted by Gasteiger charge is 2.12. The van der Waals surface area contributed by atoms with Crippen LogP contribution in [0.5, 0.6) is 5.75 Å². The van der Waals surface area contributed by atoms with Crippen molar-refractivity contribution in [1.29, 1.82) is 0 Å². The summed E-state index contributed by atoms with van der Waals surface area (Å²) in [5, 5.41) is 5.62. The average Bonchev–Trinajstić information content (AvgIpc) is 2.76. The minimum atomic E-state index is -0.404. The number of para-hydroxylation sites is 2. The molecule has 3 amide bonds. The Morgan fingerprint density at radius 3 is 2.35 bits per heavy atom. The zero-order valence-electron chi connectivity index (χ0n) is 18.0. The van der Waals surface area contributed by atoms with E-state index in [1.165, 1.54) is 0 Å². The fourth-order valence-electron chi connectivity index (χ4n) is 3.00. The number of rotatable bonds is 12. The molecule has 2 aromatic rings. The van der Waals surface area contributed by atoms with Crippen molar-refractivity contribution >= 4 is 29.1 Å². The van der Waals surface area contributed by atoms with Crippen LogP contribution in [0.4, 0.5) is 11.4 Å². The first-order chi connectivity index (χ1) is 14.9. The van der Waals surface area contributed by atoms with Gasteiger partial charge in [-0.3, -0.25) is 19.3 Å². The Morgan fingerprint density at radius 1 is 1.00 bits per heavy atom. The molecule has 0 heterocycles. The van der Waals surface area contributed by atoms with Crippen LogP contribution in [0.1, 0.15) is 36.5 Å². The highest BCUT2D eigenvalue weighted by Crippen LogP contribution is 2.23. The van der Waals surface area contributed by atoms with Gasteiger partial charge in [0.15, 0.2) is 0 Å². The first-order valence-corrected chi connectivity index (χ1v) is 10.3. The molecule has 0 radical (unpaired) electrons. The number of nitrogens with one attached hydrogen (secondary N) is 2. The molecule has 0 aliphatic carbocycles. The third-order valence-electron chi connectivity index (χ3n) is 4.65. The Kier molecular flexibility index (Phi) is 9.51. The van der Waals surface area contributed by atoms with E-state index in [2.05, 4.69) is 17.6 Å². The number of amides is 3. The Morgan fingerprint density at radius 2 is 1.71 bits per heavy atom. The monoisotopic (exact) mass is 426 g/mol. The molecule has 4 N–H and O–H groups in total. The molecule has 0 aliphatic rings. The van der Waals surface area contributed by atoms with Crippen LogP contribution in [0.3, 0.4) is 0 Å². The predicted octanol–water partition coefficient (Wildman–Crippen LogP) is 2.86. The van der Waals surface area contributed by atoms with Crippen molar-refractivity contribution in [1.82, 2.24) is 4.90 Å². The minimum Gasteiger partial charge on any atom is -0.495 e. The largest absolute Gasteiger partial charge is 0.495 e. The summed E-state index contributed by atoms with van der Waals surface area (Å²) in [6.07, 6.45) is 2.18. The van der Waals surface area contributed by atoms with Crippen LogP contribution in [0.25, 0.3) is 0 Å². The van der Waals surface area contributed by atoms with Gasteiger partial charge in [0.25, 0.3) is 5.91 Å². The van der Waals surface area contributed by atoms with Crippen molar-refractivity contribution in [2.24, 2.45) is 5.73 Å². The van der Waals surface area contributed by atoms with Gasteiger partial charge in [-0.15, -0.1) is 0 Å². The summed E-state index contributed by atoms with van der Waals surface area (Å²) in [4.78, 5) is 37.8. The molecule has 0 bridgehead atoms. The van der Waals surface area contributed by atoms with Crippen molar-refractivity contribution < 1.29 is 19.1 Å². The molecule has 0 saturated carbocycles. The third kappa shape index (κ3) is 8.10. The maximum absolute atomic E-state index is 12.5. The van der Waals surface area contributed by atoms with Crippen LogP contribution in [-0.4, -0.2) is 49.4 Å². The Balaban J connectivity index is 1.88. The molecule has 0 fully saturated rings. The van der Waals surface area contributed by atoms with E-state index in [-0.39, 0.29) is 24.8 Å². The Labute approximate surface area is 182 Å². The number of unbranched alkanes of at least 4 members (excludes halogenated alkanes) is 1. The summed E-state index contributed by atoms with van der Waals surface area (Å²) in [5.41, 5.74) is 6.90. The summed E-state index contributed by atoms with van der Waals surface area (Å²) in [7, 11) is 1.54. The second kappa shape index (κ2) is 12.3. The van der Waals surface area contributed by atoms with E-state index in [4.69, 9.17) is 10.5 Å². The summed E-state index contributed by atoms with van der Waals surface area (Å²) in [6, 6.07) is 13.8. The van der Waals surface area contributed by atoms with Gasteiger partial charge in [0.2, 0.25) is 11.8 Å². The molecule has 0 aromatic heterocycles. The van der Waals surface area contributed by atoms with E-state index in [0.29, 0.717) is 29.2 Å². The molecule has 0 unspecified atom stereocenters. The SMILES string of the molecule is CCCCN(CCC(=O)Nc1ccc(C(=O)Nc2ccccc2OC)cc1)CC(N)=O. The molecule has 8 nitrogen and oxygen atoms in total. The lowest BCUT2D eigenvalue weighted by Crippen LogP contribution is -2.36. The van der Waals surface area contributed by atoms with Gasteiger partial charge in [0.1, 0.15) is 5.75 Å². The lowest BCUT2D eigenvalue weighted by atomic mass is 10.2. The topological polar surface area (TPSA) is 114 Å². The van der Waals surface area contributed by atoms with Gasteiger partial charge < -0.3 is 21.1 Å². The van der Waals surface area contributed by atoms with Gasteiger partial charge in [-0.1, -0.05) is 25.5 Å². The average molecular weight is 427 g/mol. The lowest BCUT2D eigenvalue weighted by molar-refractivity contribution is -0.120. The molecule has 0 spiro atoms. The van der Waals surface area contributed by atoms with Crippen molar-refractivity contribution in [2.75, 3.05) is 37.4 Å². The van der Waals surface area contributed by atoms with Crippen LogP contribution in [-0.2, 0) is 9.59 Å². The summed E-state index contributed by atoms with van der Waals surface area (Å²) < 4.78 is 5.24. The highest BCUT2D eigenvalue weighted by molar-refractivity contribution is 6.05. The van der Waals surface area contributed by atoms with Gasteiger partial charge in [0, 0.05) is 24.2 Å². The number of nitrogens with zero attached hydrogens (tertiary/aromatic N) is 1. The fraction of sp³-hybridized carbons (Fsp3) is 0.348. The molecular formula is C23H30N4O4. The number of methoxy groups -OCH3 is 1. The molecule has 0 saturated heterocycles. The maximum atomic E-state index is 12.5. The number of carbonyl (C=O) groups is 3. The number of hydrogen-bond acceptors (Lipinski definition) is 5. The van der Waals surface area contributed by atoms with Crippen LogP contribution in [0.2, 0.25) is 0 Å². The molecule has 0 aliphatic heterocycles. The zero-order chi connectivity index (χ0) is 22.6. The van der Waals surface area contributed by atoms with Crippen molar-refractivity contribution in [3.63, 3.8) is 0 Å². The first-order valence-electron chi connectivity index (χ1n) is 10.3. The quantitative estimate of drug-likeness (QED) is 0.483. The van der Waals surface area contributed by atoms with E-state index >= 15 is 0 Å². The fourth-order valence-corrected chi connectivity index (χ4v) is 3.00. The molecule has 8 heteroatoms. The van der Waals surface area contributed by atoms with Crippen LogP contribution < -0.4 is 21.1 Å². The van der Waals surface area contributed by atoms with Crippen molar-refractivity contribution in [3.05, 3.63) is 54.1 Å². The summed E-state index contributed by atoms with van der Waals surface area (Å²) in [5.74, 6) is -0.278. The van der Waals surface area contributed by atoms with E-state index in [1.54, 1.807) is 43.5 Å². The molecule has 0 atom stereocenters. The second-order valence-electron chi connectivity index (χ2n) is 7.13. The van der Waals surface area contributed by atoms with E-state index < -0.39 is 5.91 Å². The van der Waals surface area contributed by atoms with Crippen LogP contribution in [0, 0.1) is 0 Å². The van der Waals surface area contributed by atoms with E-state index in [0.717, 1.165) is 19.4 Å². The molecule has 2 rings (SSSR count). The Hall–Kier alpha value is -3.39. The molecule has 166 valence electrons. The van der Waals surface area contributed by atoms with Crippen LogP contribution in [0.15, 0.2) is 48.5 Å². The van der Waals surface area contributed by atoms with E-state index in [1.807, 2.05) is 17.0 Å². The highest BCUT2D eigenvalue weighted by atomic mass is 16.5. The predicted molar refractivity (Wildman–Crippen MR) is 121 cm³/mol. The molecule has 31 heavy (non-hydrogen) atoms. The molecular weight excluding hydrogens is 396 g/mol. The van der Waals surface area contributed by atoms with Crippen LogP contribution >= 0.6 is 0 Å². The van der Waals surface area contributed by atoms with Gasteiger partial charge in [-0.25, -0.2) is 0 Å². The number of benzene rings is 2. The molecule has 2 aromatic carbocycles. The van der Waals surface area contributed by atoms with Crippen molar-refractivity contribution in [2.45, 2.75) is 26.2 Å². The van der Waals surface area contributed by atoms with Gasteiger partial charge in [0.05, 0.1) is 19.3 Å². The summed E-state index contributed by atoms with van der Waals surface area (Å²) in [6.45, 7) is 3.38. The number of anilines is 2. The number of hydrogen-bond donors (Lipinski definition) is 3. The normalized spacial score (nSPS) is 10.5. The number of nitrogens with two attached hydrogens (primary N) is 1. The Bertz CT molecular complexity index is 883. The standard InChI is InChI=1S/C23H30N4O4/c1-3-4-14-27(16-21(24)28)15-13-22(29)25-18-11-9-17(10-12-18)23(30)26-19-7-5-6-8-20(19)31-2/h5-12H,3-4,13-16H2,1-2H3,(H2,24,28)(H,25,29)(H,26,30). The van der Waals surface area contributed by atoms with E-state index in [9.17, 15) is 14.4 Å². The smallest absolute Gasteiger partial charge is 0.255 e. The van der Waals surface area contributed by atoms with Crippen molar-refractivity contribution in [3.8, 4) is 5.75 Å². The third-order valence-corrected chi connectivity index (χ3v) is 4.65. The van der Waals surface area contributed by atoms with Gasteiger partial charge in [-0.05, 0) is 49.4 Å². The number of primary amides is 1. The zero-order valence-corrected chi connectivity index (χ0v) is 18.0. The first kappa shape index (κ1) is 23.9. The second-order valence-corrected chi connectivity index (χ2v) is 7.13. The number of carbonyl (C=O) groups excluding carboxylic acids is 3. The van der Waals surface area contributed by atoms with Gasteiger partial charge in [-0.2, -0.15) is 0 Å². The maximum Gasteiger partial charge on any atom is 0.255 e. The minimum absolute atomic E-state index is 0.142.